The number of fused-ring (bicyclic) bond motifs is 1. The number of carbonyl (C=O) groups is 1. The highest BCUT2D eigenvalue weighted by Crippen LogP contribution is 2.29. The lowest BCUT2D eigenvalue weighted by atomic mass is 9.91. The molecular formula is C20H19Cl2N3O. The molecule has 1 amide bonds. The monoisotopic (exact) mass is 387 g/mol. The van der Waals surface area contributed by atoms with E-state index in [1.807, 2.05) is 19.1 Å². The van der Waals surface area contributed by atoms with Gasteiger partial charge in [-0.1, -0.05) is 29.3 Å². The normalized spacial score (nSPS) is 17.5. The summed E-state index contributed by atoms with van der Waals surface area (Å²) in [5, 5.41) is 4.33. The van der Waals surface area contributed by atoms with Gasteiger partial charge in [0, 0.05) is 28.9 Å². The highest BCUT2D eigenvalue weighted by atomic mass is 35.5. The standard InChI is InChI=1S/C20H19Cl2N3O/c1-12-24-18-6-2-13(14-3-7-20(26)23-10-14)9-19(18)25(12)11-15-8-16(21)4-5-17(15)22/h2,4-6,8-9,14H,3,7,10-11H2,1H3,(H,23,26). The Morgan fingerprint density at radius 1 is 1.23 bits per heavy atom. The van der Waals surface area contributed by atoms with Crippen LogP contribution in [-0.4, -0.2) is 22.0 Å². The van der Waals surface area contributed by atoms with E-state index in [9.17, 15) is 4.79 Å². The van der Waals surface area contributed by atoms with Crippen molar-refractivity contribution < 1.29 is 4.79 Å². The van der Waals surface area contributed by atoms with E-state index in [1.165, 1.54) is 5.56 Å². The third kappa shape index (κ3) is 3.31. The first-order valence-electron chi connectivity index (χ1n) is 8.68. The maximum atomic E-state index is 11.4. The zero-order chi connectivity index (χ0) is 18.3. The number of hydrogen-bond donors (Lipinski definition) is 1. The van der Waals surface area contributed by atoms with Crippen molar-refractivity contribution in [3.63, 3.8) is 0 Å². The van der Waals surface area contributed by atoms with Gasteiger partial charge in [-0.05, 0) is 54.8 Å². The Hall–Kier alpha value is -2.04. The number of nitrogens with zero attached hydrogens (tertiary/aromatic N) is 2. The molecule has 0 spiro atoms. The molecule has 6 heteroatoms. The average Bonchev–Trinajstić information content (AvgIpc) is 2.94. The molecule has 1 N–H and O–H groups in total. The second kappa shape index (κ2) is 6.93. The number of halogens is 2. The highest BCUT2D eigenvalue weighted by molar-refractivity contribution is 6.33. The van der Waals surface area contributed by atoms with Gasteiger partial charge in [0.1, 0.15) is 5.82 Å². The van der Waals surface area contributed by atoms with Crippen LogP contribution in [0, 0.1) is 6.92 Å². The third-order valence-corrected chi connectivity index (χ3v) is 5.64. The summed E-state index contributed by atoms with van der Waals surface area (Å²) in [6.07, 6.45) is 1.46. The molecule has 1 aliphatic rings. The van der Waals surface area contributed by atoms with E-state index in [1.54, 1.807) is 6.07 Å². The molecule has 4 nitrogen and oxygen atoms in total. The van der Waals surface area contributed by atoms with Crippen molar-refractivity contribution in [1.29, 1.82) is 0 Å². The van der Waals surface area contributed by atoms with Crippen molar-refractivity contribution in [1.82, 2.24) is 14.9 Å². The molecule has 3 aromatic rings. The lowest BCUT2D eigenvalue weighted by Crippen LogP contribution is -2.33. The molecule has 1 atom stereocenters. The van der Waals surface area contributed by atoms with Crippen molar-refractivity contribution in [2.24, 2.45) is 0 Å². The molecule has 0 saturated carbocycles. The van der Waals surface area contributed by atoms with Gasteiger partial charge in [0.25, 0.3) is 0 Å². The number of aromatic nitrogens is 2. The molecule has 0 radical (unpaired) electrons. The minimum Gasteiger partial charge on any atom is -0.355 e. The predicted octanol–water partition coefficient (Wildman–Crippen LogP) is 4.69. The topological polar surface area (TPSA) is 46.9 Å². The van der Waals surface area contributed by atoms with Crippen LogP contribution in [0.15, 0.2) is 36.4 Å². The van der Waals surface area contributed by atoms with Gasteiger partial charge in [-0.15, -0.1) is 0 Å². The number of carbonyl (C=O) groups excluding carboxylic acids is 1. The van der Waals surface area contributed by atoms with Crippen LogP contribution < -0.4 is 5.32 Å². The molecule has 1 saturated heterocycles. The van der Waals surface area contributed by atoms with Crippen LogP contribution in [0.4, 0.5) is 0 Å². The van der Waals surface area contributed by atoms with Gasteiger partial charge >= 0.3 is 0 Å². The molecule has 0 aliphatic carbocycles. The summed E-state index contributed by atoms with van der Waals surface area (Å²) in [6, 6.07) is 11.9. The maximum absolute atomic E-state index is 11.4. The minimum absolute atomic E-state index is 0.138. The van der Waals surface area contributed by atoms with Gasteiger partial charge in [0.05, 0.1) is 17.6 Å². The fourth-order valence-corrected chi connectivity index (χ4v) is 3.94. The van der Waals surface area contributed by atoms with Gasteiger partial charge < -0.3 is 9.88 Å². The molecular weight excluding hydrogens is 369 g/mol. The van der Waals surface area contributed by atoms with E-state index < -0.39 is 0 Å². The predicted molar refractivity (Wildman–Crippen MR) is 105 cm³/mol. The Kier molecular flexibility index (Phi) is 4.63. The van der Waals surface area contributed by atoms with Gasteiger partial charge in [0.2, 0.25) is 5.91 Å². The Morgan fingerprint density at radius 2 is 2.08 bits per heavy atom. The summed E-state index contributed by atoms with van der Waals surface area (Å²) in [7, 11) is 0. The van der Waals surface area contributed by atoms with Gasteiger partial charge in [-0.3, -0.25) is 4.79 Å². The number of aryl methyl sites for hydroxylation is 1. The molecule has 1 fully saturated rings. The molecule has 4 rings (SSSR count). The number of hydrogen-bond acceptors (Lipinski definition) is 2. The van der Waals surface area contributed by atoms with Crippen LogP contribution in [-0.2, 0) is 11.3 Å². The van der Waals surface area contributed by atoms with E-state index in [2.05, 4.69) is 33.1 Å². The summed E-state index contributed by atoms with van der Waals surface area (Å²) in [5.74, 6) is 1.42. The minimum atomic E-state index is 0.138. The summed E-state index contributed by atoms with van der Waals surface area (Å²) >= 11 is 12.5. The van der Waals surface area contributed by atoms with Crippen LogP contribution in [0.2, 0.25) is 10.0 Å². The van der Waals surface area contributed by atoms with E-state index in [-0.39, 0.29) is 5.91 Å². The van der Waals surface area contributed by atoms with Crippen LogP contribution in [0.25, 0.3) is 11.0 Å². The number of nitrogens with one attached hydrogen (secondary N) is 1. The molecule has 2 aromatic carbocycles. The van der Waals surface area contributed by atoms with E-state index >= 15 is 0 Å². The second-order valence-electron chi connectivity index (χ2n) is 6.77. The van der Waals surface area contributed by atoms with Crippen molar-refractivity contribution >= 4 is 40.1 Å². The van der Waals surface area contributed by atoms with E-state index in [4.69, 9.17) is 23.2 Å². The molecule has 1 unspecified atom stereocenters. The van der Waals surface area contributed by atoms with Crippen LogP contribution in [0.3, 0.4) is 0 Å². The van der Waals surface area contributed by atoms with Gasteiger partial charge in [-0.2, -0.15) is 0 Å². The Labute approximate surface area is 162 Å². The van der Waals surface area contributed by atoms with Crippen LogP contribution in [0.1, 0.15) is 35.7 Å². The Bertz CT molecular complexity index is 986. The molecule has 0 bridgehead atoms. The van der Waals surface area contributed by atoms with Crippen molar-refractivity contribution in [3.8, 4) is 0 Å². The zero-order valence-corrected chi connectivity index (χ0v) is 15.9. The van der Waals surface area contributed by atoms with Gasteiger partial charge in [-0.25, -0.2) is 4.98 Å². The summed E-state index contributed by atoms with van der Waals surface area (Å²) < 4.78 is 2.16. The summed E-state index contributed by atoms with van der Waals surface area (Å²) in [6.45, 7) is 3.31. The summed E-state index contributed by atoms with van der Waals surface area (Å²) in [5.41, 5.74) is 4.24. The van der Waals surface area contributed by atoms with Crippen molar-refractivity contribution in [2.45, 2.75) is 32.2 Å². The van der Waals surface area contributed by atoms with Crippen molar-refractivity contribution in [2.75, 3.05) is 6.54 Å². The van der Waals surface area contributed by atoms with Crippen LogP contribution >= 0.6 is 23.2 Å². The van der Waals surface area contributed by atoms with E-state index in [0.29, 0.717) is 35.5 Å². The quantitative estimate of drug-likeness (QED) is 0.708. The lowest BCUT2D eigenvalue weighted by Gasteiger charge is -2.23. The smallest absolute Gasteiger partial charge is 0.220 e. The number of rotatable bonds is 3. The number of piperidine rings is 1. The largest absolute Gasteiger partial charge is 0.355 e. The molecule has 26 heavy (non-hydrogen) atoms. The Balaban J connectivity index is 1.72. The second-order valence-corrected chi connectivity index (χ2v) is 7.61. The molecule has 1 aliphatic heterocycles. The molecule has 2 heterocycles. The third-order valence-electron chi connectivity index (χ3n) is 5.04. The SMILES string of the molecule is Cc1nc2ccc(C3CCC(=O)NC3)cc2n1Cc1cc(Cl)ccc1Cl. The number of amides is 1. The number of imidazole rings is 1. The highest BCUT2D eigenvalue weighted by Gasteiger charge is 2.20. The van der Waals surface area contributed by atoms with Gasteiger partial charge in [0.15, 0.2) is 0 Å². The van der Waals surface area contributed by atoms with Crippen LogP contribution in [0.5, 0.6) is 0 Å². The van der Waals surface area contributed by atoms with Crippen molar-refractivity contribution in [3.05, 3.63) is 63.4 Å². The lowest BCUT2D eigenvalue weighted by molar-refractivity contribution is -0.122. The first kappa shape index (κ1) is 17.4. The number of benzene rings is 2. The first-order valence-corrected chi connectivity index (χ1v) is 9.44. The zero-order valence-electron chi connectivity index (χ0n) is 14.4. The van der Waals surface area contributed by atoms with E-state index in [0.717, 1.165) is 28.8 Å². The Morgan fingerprint density at radius 3 is 2.85 bits per heavy atom. The average molecular weight is 388 g/mol. The summed E-state index contributed by atoms with van der Waals surface area (Å²) in [4.78, 5) is 16.1. The molecule has 1 aromatic heterocycles. The maximum Gasteiger partial charge on any atom is 0.220 e. The fourth-order valence-electron chi connectivity index (χ4n) is 3.57. The molecule has 134 valence electrons. The fraction of sp³-hybridized carbons (Fsp3) is 0.300. The first-order chi connectivity index (χ1) is 12.5.